The molecule has 0 unspecified atom stereocenters. The largest absolute Gasteiger partial charge is 0.506 e. The Morgan fingerprint density at radius 1 is 1.04 bits per heavy atom. The summed E-state index contributed by atoms with van der Waals surface area (Å²) in [6.45, 7) is 0.181. The maximum absolute atomic E-state index is 13.1. The van der Waals surface area contributed by atoms with Crippen LogP contribution in [-0.4, -0.2) is 16.0 Å². The number of para-hydroxylation sites is 2. The van der Waals surface area contributed by atoms with Crippen LogP contribution in [-0.2, 0) is 6.54 Å². The number of anilines is 1. The third-order valence-corrected chi connectivity index (χ3v) is 4.19. The Bertz CT molecular complexity index is 901. The molecule has 3 rings (SSSR count). The van der Waals surface area contributed by atoms with E-state index in [0.717, 1.165) is 0 Å². The fraction of sp³-hybridized carbons (Fsp3) is 0.0526. The molecular weight excluding hydrogens is 359 g/mol. The summed E-state index contributed by atoms with van der Waals surface area (Å²) >= 11 is 12.2. The number of hydrogen-bond acceptors (Lipinski definition) is 3. The molecule has 1 heterocycles. The smallest absolute Gasteiger partial charge is 0.260 e. The molecule has 0 aliphatic rings. The Labute approximate surface area is 155 Å². The molecule has 0 aliphatic carbocycles. The SMILES string of the molecule is O=C(c1cc(Cl)ccc1Cl)N(Cc1ccccn1)c1ccccc1O. The van der Waals surface area contributed by atoms with E-state index in [1.54, 1.807) is 48.7 Å². The van der Waals surface area contributed by atoms with Gasteiger partial charge in [-0.25, -0.2) is 0 Å². The standard InChI is InChI=1S/C19H14Cl2N2O2/c20-13-8-9-16(21)15(11-13)19(25)23(12-14-5-3-4-10-22-14)17-6-1-2-7-18(17)24/h1-11,24H,12H2. The average molecular weight is 373 g/mol. The highest BCUT2D eigenvalue weighted by Gasteiger charge is 2.23. The first-order valence-electron chi connectivity index (χ1n) is 7.51. The Balaban J connectivity index is 2.06. The van der Waals surface area contributed by atoms with Gasteiger partial charge < -0.3 is 5.11 Å². The molecule has 2 aromatic carbocycles. The predicted molar refractivity (Wildman–Crippen MR) is 99.3 cm³/mol. The molecule has 0 radical (unpaired) electrons. The van der Waals surface area contributed by atoms with Crippen molar-refractivity contribution in [3.05, 3.63) is 88.2 Å². The highest BCUT2D eigenvalue weighted by Crippen LogP contribution is 2.31. The molecule has 126 valence electrons. The van der Waals surface area contributed by atoms with E-state index in [0.29, 0.717) is 16.4 Å². The van der Waals surface area contributed by atoms with Gasteiger partial charge in [0.05, 0.1) is 28.5 Å². The molecule has 0 saturated carbocycles. The Morgan fingerprint density at radius 2 is 1.80 bits per heavy atom. The average Bonchev–Trinajstić information content (AvgIpc) is 2.63. The van der Waals surface area contributed by atoms with E-state index < -0.39 is 0 Å². The van der Waals surface area contributed by atoms with Crippen molar-refractivity contribution in [1.82, 2.24) is 4.98 Å². The van der Waals surface area contributed by atoms with E-state index in [9.17, 15) is 9.90 Å². The lowest BCUT2D eigenvalue weighted by Gasteiger charge is -2.24. The molecule has 0 atom stereocenters. The minimum absolute atomic E-state index is 0.00932. The van der Waals surface area contributed by atoms with Gasteiger partial charge in [0.2, 0.25) is 0 Å². The minimum atomic E-state index is -0.375. The zero-order valence-electron chi connectivity index (χ0n) is 13.1. The summed E-state index contributed by atoms with van der Waals surface area (Å²) in [6.07, 6.45) is 1.65. The molecule has 1 amide bonds. The molecule has 0 spiro atoms. The predicted octanol–water partition coefficient (Wildman–Crippen LogP) is 4.94. The van der Waals surface area contributed by atoms with Crippen LogP contribution in [0.25, 0.3) is 0 Å². The number of halogens is 2. The number of aromatic nitrogens is 1. The van der Waals surface area contributed by atoms with E-state index >= 15 is 0 Å². The monoisotopic (exact) mass is 372 g/mol. The molecular formula is C19H14Cl2N2O2. The molecule has 0 aliphatic heterocycles. The maximum atomic E-state index is 13.1. The van der Waals surface area contributed by atoms with Crippen LogP contribution in [0, 0.1) is 0 Å². The molecule has 25 heavy (non-hydrogen) atoms. The van der Waals surface area contributed by atoms with Gasteiger partial charge in [-0.2, -0.15) is 0 Å². The van der Waals surface area contributed by atoms with Gasteiger partial charge in [0.15, 0.2) is 0 Å². The number of pyridine rings is 1. The fourth-order valence-corrected chi connectivity index (χ4v) is 2.79. The van der Waals surface area contributed by atoms with E-state index in [4.69, 9.17) is 23.2 Å². The van der Waals surface area contributed by atoms with Gasteiger partial charge in [-0.15, -0.1) is 0 Å². The zero-order valence-corrected chi connectivity index (χ0v) is 14.6. The van der Waals surface area contributed by atoms with Crippen molar-refractivity contribution in [2.24, 2.45) is 0 Å². The minimum Gasteiger partial charge on any atom is -0.506 e. The normalized spacial score (nSPS) is 10.5. The Morgan fingerprint density at radius 3 is 2.52 bits per heavy atom. The van der Waals surface area contributed by atoms with Crippen molar-refractivity contribution >= 4 is 34.8 Å². The molecule has 6 heteroatoms. The van der Waals surface area contributed by atoms with Crippen LogP contribution in [0.4, 0.5) is 5.69 Å². The summed E-state index contributed by atoms with van der Waals surface area (Å²) in [5.74, 6) is -0.385. The number of aromatic hydroxyl groups is 1. The van der Waals surface area contributed by atoms with Crippen LogP contribution < -0.4 is 4.90 Å². The lowest BCUT2D eigenvalue weighted by Crippen LogP contribution is -2.31. The fourth-order valence-electron chi connectivity index (χ4n) is 2.42. The van der Waals surface area contributed by atoms with E-state index in [1.807, 2.05) is 6.07 Å². The number of hydrogen-bond donors (Lipinski definition) is 1. The van der Waals surface area contributed by atoms with Crippen molar-refractivity contribution < 1.29 is 9.90 Å². The molecule has 4 nitrogen and oxygen atoms in total. The second-order valence-corrected chi connectivity index (χ2v) is 6.17. The topological polar surface area (TPSA) is 53.4 Å². The molecule has 1 aromatic heterocycles. The van der Waals surface area contributed by atoms with Crippen LogP contribution in [0.1, 0.15) is 16.1 Å². The quantitative estimate of drug-likeness (QED) is 0.705. The van der Waals surface area contributed by atoms with Gasteiger partial charge in [-0.05, 0) is 42.5 Å². The third-order valence-electron chi connectivity index (χ3n) is 3.62. The van der Waals surface area contributed by atoms with Crippen LogP contribution in [0.5, 0.6) is 5.75 Å². The molecule has 3 aromatic rings. The van der Waals surface area contributed by atoms with E-state index in [-0.39, 0.29) is 28.8 Å². The van der Waals surface area contributed by atoms with Crippen molar-refractivity contribution in [1.29, 1.82) is 0 Å². The number of benzene rings is 2. The summed E-state index contributed by atoms with van der Waals surface area (Å²) in [7, 11) is 0. The number of carbonyl (C=O) groups excluding carboxylic acids is 1. The summed E-state index contributed by atoms with van der Waals surface area (Å²) in [5, 5.41) is 10.9. The first-order chi connectivity index (χ1) is 12.1. The van der Waals surface area contributed by atoms with Gasteiger partial charge in [0, 0.05) is 11.2 Å². The van der Waals surface area contributed by atoms with Gasteiger partial charge in [0.25, 0.3) is 5.91 Å². The first kappa shape index (κ1) is 17.3. The number of phenolic OH excluding ortho intramolecular Hbond substituents is 1. The number of amides is 1. The van der Waals surface area contributed by atoms with Crippen LogP contribution in [0.15, 0.2) is 66.9 Å². The van der Waals surface area contributed by atoms with Crippen molar-refractivity contribution in [3.63, 3.8) is 0 Å². The van der Waals surface area contributed by atoms with E-state index in [1.165, 1.54) is 17.0 Å². The maximum Gasteiger partial charge on any atom is 0.260 e. The van der Waals surface area contributed by atoms with Gasteiger partial charge in [-0.3, -0.25) is 14.7 Å². The summed E-state index contributed by atoms with van der Waals surface area (Å²) < 4.78 is 0. The van der Waals surface area contributed by atoms with E-state index in [2.05, 4.69) is 4.98 Å². The first-order valence-corrected chi connectivity index (χ1v) is 8.26. The lowest BCUT2D eigenvalue weighted by molar-refractivity contribution is 0.0984. The van der Waals surface area contributed by atoms with Gasteiger partial charge >= 0.3 is 0 Å². The highest BCUT2D eigenvalue weighted by molar-refractivity contribution is 6.36. The molecule has 0 fully saturated rings. The third kappa shape index (κ3) is 3.92. The van der Waals surface area contributed by atoms with Crippen LogP contribution in [0.2, 0.25) is 10.0 Å². The second kappa shape index (κ2) is 7.55. The summed E-state index contributed by atoms with van der Waals surface area (Å²) in [5.41, 5.74) is 1.31. The highest BCUT2D eigenvalue weighted by atomic mass is 35.5. The summed E-state index contributed by atoms with van der Waals surface area (Å²) in [4.78, 5) is 18.8. The number of nitrogens with zero attached hydrogens (tertiary/aromatic N) is 2. The van der Waals surface area contributed by atoms with Gasteiger partial charge in [0.1, 0.15) is 5.75 Å². The molecule has 0 saturated heterocycles. The number of rotatable bonds is 4. The number of carbonyl (C=O) groups is 1. The van der Waals surface area contributed by atoms with Gasteiger partial charge in [-0.1, -0.05) is 41.4 Å². The van der Waals surface area contributed by atoms with Crippen LogP contribution >= 0.6 is 23.2 Å². The van der Waals surface area contributed by atoms with Crippen molar-refractivity contribution in [2.45, 2.75) is 6.54 Å². The van der Waals surface area contributed by atoms with Crippen molar-refractivity contribution in [3.8, 4) is 5.75 Å². The zero-order chi connectivity index (χ0) is 17.8. The summed E-state index contributed by atoms with van der Waals surface area (Å²) in [6, 6.07) is 16.7. The Hall–Kier alpha value is -2.56. The van der Waals surface area contributed by atoms with Crippen LogP contribution in [0.3, 0.4) is 0 Å². The molecule has 0 bridgehead atoms. The molecule has 1 N–H and O–H groups in total. The lowest BCUT2D eigenvalue weighted by atomic mass is 10.1. The second-order valence-electron chi connectivity index (χ2n) is 5.33. The number of phenols is 1. The van der Waals surface area contributed by atoms with Crippen molar-refractivity contribution in [2.75, 3.05) is 4.90 Å². The Kier molecular flexibility index (Phi) is 5.22.